The van der Waals surface area contributed by atoms with Crippen molar-refractivity contribution in [2.45, 2.75) is 32.9 Å². The van der Waals surface area contributed by atoms with Gasteiger partial charge in [0.05, 0.1) is 0 Å². The predicted octanol–water partition coefficient (Wildman–Crippen LogP) is 6.38. The Morgan fingerprint density at radius 2 is 1.73 bits per heavy atom. The van der Waals surface area contributed by atoms with E-state index >= 15 is 0 Å². The molecule has 3 aromatic rings. The molecule has 3 rings (SSSR count). The van der Waals surface area contributed by atoms with E-state index in [2.05, 4.69) is 48.6 Å². The number of hydrogen-bond acceptors (Lipinski definition) is 2. The van der Waals surface area contributed by atoms with E-state index in [9.17, 15) is 0 Å². The second-order valence-corrected chi connectivity index (χ2v) is 6.58. The maximum absolute atomic E-state index is 6.25. The number of rotatable bonds is 8. The Morgan fingerprint density at radius 3 is 2.54 bits per heavy atom. The summed E-state index contributed by atoms with van der Waals surface area (Å²) in [4.78, 5) is 0. The summed E-state index contributed by atoms with van der Waals surface area (Å²) >= 11 is 6.25. The van der Waals surface area contributed by atoms with Crippen molar-refractivity contribution < 1.29 is 4.74 Å². The van der Waals surface area contributed by atoms with E-state index in [4.69, 9.17) is 16.3 Å². The van der Waals surface area contributed by atoms with Gasteiger partial charge in [0.1, 0.15) is 12.4 Å². The van der Waals surface area contributed by atoms with E-state index in [1.54, 1.807) is 0 Å². The first-order chi connectivity index (χ1) is 12.3. The summed E-state index contributed by atoms with van der Waals surface area (Å²) in [6.07, 6.45) is 2.37. The molecule has 0 radical (unpaired) electrons. The quantitative estimate of drug-likeness (QED) is 0.451. The van der Waals surface area contributed by atoms with Crippen LogP contribution in [0.25, 0.3) is 10.8 Å². The molecule has 0 aliphatic heterocycles. The van der Waals surface area contributed by atoms with Crippen molar-refractivity contribution in [3.8, 4) is 5.75 Å². The fraction of sp³-hybridized carbons (Fsp3) is 0.273. The molecular formula is C22H25Cl2NO. The topological polar surface area (TPSA) is 21.3 Å². The Morgan fingerprint density at radius 1 is 0.962 bits per heavy atom. The molecule has 0 aliphatic carbocycles. The fourth-order valence-corrected chi connectivity index (χ4v) is 3.11. The number of fused-ring (bicyclic) bond motifs is 1. The van der Waals surface area contributed by atoms with E-state index < -0.39 is 0 Å². The summed E-state index contributed by atoms with van der Waals surface area (Å²) in [6.45, 7) is 4.50. The maximum atomic E-state index is 6.25. The van der Waals surface area contributed by atoms with Crippen molar-refractivity contribution in [2.24, 2.45) is 0 Å². The zero-order valence-electron chi connectivity index (χ0n) is 15.0. The number of hydrogen-bond donors (Lipinski definition) is 1. The number of halogens is 2. The van der Waals surface area contributed by atoms with Gasteiger partial charge in [-0.25, -0.2) is 0 Å². The van der Waals surface area contributed by atoms with E-state index in [1.807, 2.05) is 24.3 Å². The van der Waals surface area contributed by atoms with Gasteiger partial charge in [-0.05, 0) is 35.9 Å². The highest BCUT2D eigenvalue weighted by Crippen LogP contribution is 2.29. The normalized spacial score (nSPS) is 10.5. The standard InChI is InChI=1S/C22H24ClNO.ClH/c1-2-3-14-24-15-20-19-10-6-4-8-17(19)12-13-22(20)25-16-18-9-5-7-11-21(18)23;/h4-13,24H,2-3,14-16H2,1H3;1H. The first-order valence-corrected chi connectivity index (χ1v) is 9.25. The zero-order chi connectivity index (χ0) is 17.5. The van der Waals surface area contributed by atoms with Crippen LogP contribution in [-0.2, 0) is 13.2 Å². The number of unbranched alkanes of at least 4 members (excludes halogenated alkanes) is 1. The number of benzene rings is 3. The van der Waals surface area contributed by atoms with Crippen LogP contribution in [0.3, 0.4) is 0 Å². The Labute approximate surface area is 166 Å². The maximum Gasteiger partial charge on any atom is 0.124 e. The lowest BCUT2D eigenvalue weighted by Gasteiger charge is -2.15. The van der Waals surface area contributed by atoms with E-state index in [1.165, 1.54) is 29.2 Å². The van der Waals surface area contributed by atoms with Crippen LogP contribution in [0.15, 0.2) is 60.7 Å². The van der Waals surface area contributed by atoms with Gasteiger partial charge in [0.2, 0.25) is 0 Å². The van der Waals surface area contributed by atoms with Crippen LogP contribution in [0, 0.1) is 0 Å². The summed E-state index contributed by atoms with van der Waals surface area (Å²) in [6, 6.07) is 20.5. The third kappa shape index (κ3) is 5.14. The van der Waals surface area contributed by atoms with Crippen LogP contribution in [0.4, 0.5) is 0 Å². The average molecular weight is 390 g/mol. The van der Waals surface area contributed by atoms with Gasteiger partial charge >= 0.3 is 0 Å². The summed E-state index contributed by atoms with van der Waals surface area (Å²) in [5.74, 6) is 0.919. The average Bonchev–Trinajstić information content (AvgIpc) is 2.65. The molecule has 0 bridgehead atoms. The van der Waals surface area contributed by atoms with Crippen LogP contribution in [0.5, 0.6) is 5.75 Å². The monoisotopic (exact) mass is 389 g/mol. The molecule has 4 heteroatoms. The molecule has 0 amide bonds. The van der Waals surface area contributed by atoms with Gasteiger partial charge in [-0.3, -0.25) is 0 Å². The highest BCUT2D eigenvalue weighted by atomic mass is 35.5. The second kappa shape index (κ2) is 10.4. The fourth-order valence-electron chi connectivity index (χ4n) is 2.92. The zero-order valence-corrected chi connectivity index (χ0v) is 16.6. The molecule has 0 saturated carbocycles. The smallest absolute Gasteiger partial charge is 0.124 e. The van der Waals surface area contributed by atoms with E-state index in [-0.39, 0.29) is 12.4 Å². The minimum atomic E-state index is 0. The molecule has 26 heavy (non-hydrogen) atoms. The summed E-state index contributed by atoms with van der Waals surface area (Å²) in [7, 11) is 0. The number of nitrogens with one attached hydrogen (secondary N) is 1. The molecule has 1 N–H and O–H groups in total. The highest BCUT2D eigenvalue weighted by Gasteiger charge is 2.10. The van der Waals surface area contributed by atoms with Crippen molar-refractivity contribution in [3.63, 3.8) is 0 Å². The van der Waals surface area contributed by atoms with Crippen molar-refractivity contribution in [1.29, 1.82) is 0 Å². The van der Waals surface area contributed by atoms with Crippen molar-refractivity contribution in [2.75, 3.05) is 6.54 Å². The van der Waals surface area contributed by atoms with Gasteiger partial charge in [0.15, 0.2) is 0 Å². The molecule has 0 atom stereocenters. The lowest BCUT2D eigenvalue weighted by Crippen LogP contribution is -2.15. The molecule has 2 nitrogen and oxygen atoms in total. The largest absolute Gasteiger partial charge is 0.488 e. The molecule has 0 aromatic heterocycles. The van der Waals surface area contributed by atoms with Gasteiger partial charge in [-0.2, -0.15) is 0 Å². The van der Waals surface area contributed by atoms with Gasteiger partial charge < -0.3 is 10.1 Å². The predicted molar refractivity (Wildman–Crippen MR) is 114 cm³/mol. The summed E-state index contributed by atoms with van der Waals surface area (Å²) in [5, 5.41) is 6.76. The van der Waals surface area contributed by atoms with E-state index in [0.29, 0.717) is 6.61 Å². The molecule has 3 aromatic carbocycles. The Bertz CT molecular complexity index is 835. The van der Waals surface area contributed by atoms with Crippen LogP contribution < -0.4 is 10.1 Å². The molecule has 138 valence electrons. The first kappa shape index (κ1) is 20.6. The second-order valence-electron chi connectivity index (χ2n) is 6.17. The van der Waals surface area contributed by atoms with Gasteiger partial charge in [0.25, 0.3) is 0 Å². The lowest BCUT2D eigenvalue weighted by atomic mass is 10.0. The molecule has 0 saturated heterocycles. The highest BCUT2D eigenvalue weighted by molar-refractivity contribution is 6.31. The summed E-state index contributed by atoms with van der Waals surface area (Å²) in [5.41, 5.74) is 2.21. The molecule has 0 fully saturated rings. The van der Waals surface area contributed by atoms with Crippen molar-refractivity contribution in [3.05, 3.63) is 76.8 Å². The third-order valence-corrected chi connectivity index (χ3v) is 4.72. The number of ether oxygens (including phenoxy) is 1. The Hall–Kier alpha value is -1.74. The minimum Gasteiger partial charge on any atom is -0.488 e. The van der Waals surface area contributed by atoms with Crippen LogP contribution in [0.1, 0.15) is 30.9 Å². The molecule has 0 aliphatic rings. The minimum absolute atomic E-state index is 0. The van der Waals surface area contributed by atoms with Crippen LogP contribution >= 0.6 is 24.0 Å². The van der Waals surface area contributed by atoms with Crippen molar-refractivity contribution >= 4 is 34.8 Å². The van der Waals surface area contributed by atoms with Crippen molar-refractivity contribution in [1.82, 2.24) is 5.32 Å². The lowest BCUT2D eigenvalue weighted by molar-refractivity contribution is 0.303. The van der Waals surface area contributed by atoms with Gasteiger partial charge in [-0.1, -0.05) is 73.5 Å². The molecule has 0 unspecified atom stereocenters. The Kier molecular flexibility index (Phi) is 8.24. The van der Waals surface area contributed by atoms with Gasteiger partial charge in [-0.15, -0.1) is 12.4 Å². The molecule has 0 heterocycles. The SMILES string of the molecule is CCCCNCc1c(OCc2ccccc2Cl)ccc2ccccc12.Cl. The van der Waals surface area contributed by atoms with Gasteiger partial charge in [0, 0.05) is 22.7 Å². The van der Waals surface area contributed by atoms with Crippen LogP contribution in [0.2, 0.25) is 5.02 Å². The first-order valence-electron chi connectivity index (χ1n) is 8.87. The molecule has 0 spiro atoms. The Balaban J connectivity index is 0.00000243. The summed E-state index contributed by atoms with van der Waals surface area (Å²) < 4.78 is 6.14. The molecular weight excluding hydrogens is 365 g/mol. The van der Waals surface area contributed by atoms with Crippen LogP contribution in [-0.4, -0.2) is 6.54 Å². The third-order valence-electron chi connectivity index (χ3n) is 4.35. The van der Waals surface area contributed by atoms with E-state index in [0.717, 1.165) is 29.4 Å².